The smallest absolute Gasteiger partial charge is 0.464 e. The van der Waals surface area contributed by atoms with Gasteiger partial charge in [-0.2, -0.15) is 0 Å². The molecule has 0 heterocycles. The van der Waals surface area contributed by atoms with Crippen LogP contribution in [-0.2, 0) is 27.7 Å². The van der Waals surface area contributed by atoms with Gasteiger partial charge in [0.15, 0.2) is 5.62 Å². The maximum absolute atomic E-state index is 13.0. The Morgan fingerprint density at radius 3 is 0.833 bits per heavy atom. The molecule has 0 amide bonds. The highest BCUT2D eigenvalue weighted by Crippen LogP contribution is 2.23. The monoisotopic (exact) mass is 801 g/mol. The summed E-state index contributed by atoms with van der Waals surface area (Å²) in [4.78, 5) is 34.6. The van der Waals surface area contributed by atoms with Crippen LogP contribution in [-0.4, -0.2) is 33.5 Å². The van der Waals surface area contributed by atoms with Gasteiger partial charge in [0.25, 0.3) is 11.9 Å². The highest BCUT2D eigenvalue weighted by molar-refractivity contribution is 7.94. The number of thiol groups is 1. The lowest BCUT2D eigenvalue weighted by Crippen LogP contribution is -2.48. The first-order chi connectivity index (χ1) is 26.4. The van der Waals surface area contributed by atoms with Crippen LogP contribution in [0, 0.1) is 0 Å². The lowest BCUT2D eigenvalue weighted by molar-refractivity contribution is -0.145. The molecule has 0 fully saturated rings. The second kappa shape index (κ2) is 46.5. The van der Waals surface area contributed by atoms with Crippen molar-refractivity contribution in [2.24, 2.45) is 0 Å². The summed E-state index contributed by atoms with van der Waals surface area (Å²) in [7, 11) is -1.82. The van der Waals surface area contributed by atoms with Crippen LogP contribution >= 0.6 is 12.6 Å². The van der Waals surface area contributed by atoms with Crippen molar-refractivity contribution in [1.29, 1.82) is 0 Å². The first-order valence-corrected chi connectivity index (χ1v) is 26.0. The third kappa shape index (κ3) is 42.3. The van der Waals surface area contributed by atoms with E-state index in [0.29, 0.717) is 24.5 Å². The van der Waals surface area contributed by atoms with E-state index in [0.717, 1.165) is 44.9 Å². The largest absolute Gasteiger partial charge is 0.635 e. The first kappa shape index (κ1) is 55.2. The Bertz CT molecular complexity index is 734. The van der Waals surface area contributed by atoms with Gasteiger partial charge in [-0.1, -0.05) is 233 Å². The van der Waals surface area contributed by atoms with Crippen LogP contribution in [0.15, 0.2) is 0 Å². The average Bonchev–Trinajstić information content (AvgIpc) is 3.16. The van der Waals surface area contributed by atoms with E-state index in [1.54, 1.807) is 7.11 Å². The second-order valence-electron chi connectivity index (χ2n) is 15.9. The zero-order valence-corrected chi connectivity index (χ0v) is 38.4. The molecule has 0 bridgehead atoms. The summed E-state index contributed by atoms with van der Waals surface area (Å²) in [5.74, 6) is -0.520. The van der Waals surface area contributed by atoms with Crippen molar-refractivity contribution in [2.45, 2.75) is 271 Å². The van der Waals surface area contributed by atoms with Gasteiger partial charge in [-0.05, 0) is 19.3 Å². The van der Waals surface area contributed by atoms with Gasteiger partial charge in [0.2, 0.25) is 0 Å². The van der Waals surface area contributed by atoms with Gasteiger partial charge in [0.05, 0.1) is 0 Å². The van der Waals surface area contributed by atoms with E-state index in [2.05, 4.69) is 33.4 Å². The zero-order valence-electron chi connectivity index (χ0n) is 36.6. The fourth-order valence-electron chi connectivity index (χ4n) is 7.16. The molecule has 0 aliphatic heterocycles. The second-order valence-corrected chi connectivity index (χ2v) is 18.8. The summed E-state index contributed by atoms with van der Waals surface area (Å²) in [6.07, 6.45) is 46.4. The predicted octanol–water partition coefficient (Wildman–Crippen LogP) is 15.6. The molecule has 0 radical (unpaired) electrons. The molecule has 0 N–H and O–H groups in total. The molecule has 0 unspecified atom stereocenters. The lowest BCUT2D eigenvalue weighted by atomic mass is 10.0. The number of hydrogen-bond donors (Lipinski definition) is 1. The van der Waals surface area contributed by atoms with Gasteiger partial charge in [-0.25, -0.2) is 0 Å². The van der Waals surface area contributed by atoms with Crippen molar-refractivity contribution >= 4 is 39.0 Å². The molecule has 54 heavy (non-hydrogen) atoms. The number of carbonyl (C=O) groups is 3. The van der Waals surface area contributed by atoms with E-state index < -0.39 is 8.80 Å². The van der Waals surface area contributed by atoms with Crippen LogP contribution < -0.4 is 0 Å². The molecule has 0 aromatic heterocycles. The fourth-order valence-corrected chi connectivity index (χ4v) is 9.36. The number of unbranched alkanes of at least 4 members (excludes halogenated alkanes) is 33. The van der Waals surface area contributed by atoms with Crippen molar-refractivity contribution in [3.8, 4) is 0 Å². The minimum Gasteiger partial charge on any atom is -0.464 e. The highest BCUT2D eigenvalue weighted by Gasteiger charge is 2.47. The van der Waals surface area contributed by atoms with Crippen LogP contribution in [0.3, 0.4) is 0 Å². The minimum absolute atomic E-state index is 0.260. The van der Waals surface area contributed by atoms with Crippen LogP contribution in [0.25, 0.3) is 0 Å². The van der Waals surface area contributed by atoms with Crippen LogP contribution in [0.2, 0.25) is 6.04 Å². The van der Waals surface area contributed by atoms with Crippen molar-refractivity contribution in [3.05, 3.63) is 0 Å². The summed E-state index contributed by atoms with van der Waals surface area (Å²) in [5, 5.41) is 0. The Hall–Kier alpha value is -0.863. The molecule has 0 saturated carbocycles. The van der Waals surface area contributed by atoms with E-state index in [1.807, 2.05) is 0 Å². The molecule has 0 saturated heterocycles. The topological polar surface area (TPSA) is 78.9 Å². The standard InChI is InChI=1S/C45H90O5Si.CH2OS/c1-5-8-11-14-17-19-21-23-25-27-29-31-33-35-38-41-44(46)49-51(48-4,43-40-37-16-13-10-7-3)50-45(47)42-39-36-34-32-30-28-26-24-22-20-18-15-12-9-6-2;2-1-3/h5-43H2,1-4H3;1H,(H,2,3). The minimum atomic E-state index is -3.38. The fraction of sp³-hybridized carbons (Fsp3) is 0.935. The molecule has 0 atom stereocenters. The Morgan fingerprint density at radius 1 is 0.407 bits per heavy atom. The maximum Gasteiger partial charge on any atom is 0.635 e. The van der Waals surface area contributed by atoms with Gasteiger partial charge in [-0.3, -0.25) is 14.4 Å². The Balaban J connectivity index is 0. The number of carbonyl (C=O) groups excluding carboxylic acids is 3. The van der Waals surface area contributed by atoms with Crippen LogP contribution in [0.4, 0.5) is 0 Å². The van der Waals surface area contributed by atoms with E-state index in [4.69, 9.17) is 18.1 Å². The predicted molar refractivity (Wildman–Crippen MR) is 238 cm³/mol. The lowest BCUT2D eigenvalue weighted by Gasteiger charge is -2.27. The molecule has 0 aromatic carbocycles. The Labute approximate surface area is 343 Å². The Kier molecular flexibility index (Phi) is 47.6. The van der Waals surface area contributed by atoms with E-state index >= 15 is 0 Å². The van der Waals surface area contributed by atoms with Crippen molar-refractivity contribution < 1.29 is 27.7 Å². The summed E-state index contributed by atoms with van der Waals surface area (Å²) < 4.78 is 17.8. The molecule has 0 rings (SSSR count). The van der Waals surface area contributed by atoms with E-state index in [9.17, 15) is 9.59 Å². The SMILES string of the molecule is CCCCCCCCCCCCCCCCCC(=O)O[Si](CCCCCCCC)(OC)OC(=O)CCCCCCCCCCCCCCCCC.O=CS. The van der Waals surface area contributed by atoms with Gasteiger partial charge in [-0.15, -0.1) is 12.6 Å². The van der Waals surface area contributed by atoms with Gasteiger partial charge < -0.3 is 13.3 Å². The molecule has 322 valence electrons. The number of hydrogen-bond acceptors (Lipinski definition) is 6. The van der Waals surface area contributed by atoms with Crippen LogP contribution in [0.1, 0.15) is 265 Å². The molecular weight excluding hydrogens is 709 g/mol. The third-order valence-electron chi connectivity index (χ3n) is 10.7. The molecule has 0 aliphatic carbocycles. The summed E-state index contributed by atoms with van der Waals surface area (Å²) in [5.41, 5.74) is 0.444. The van der Waals surface area contributed by atoms with E-state index in [-0.39, 0.29) is 11.9 Å². The summed E-state index contributed by atoms with van der Waals surface area (Å²) >= 11 is 3.11. The van der Waals surface area contributed by atoms with Crippen molar-refractivity contribution in [2.75, 3.05) is 7.11 Å². The zero-order chi connectivity index (χ0) is 40.1. The first-order valence-electron chi connectivity index (χ1n) is 23.5. The molecule has 8 heteroatoms. The average molecular weight is 801 g/mol. The molecule has 0 aromatic rings. The number of rotatable bonds is 42. The molecule has 0 aliphatic rings. The van der Waals surface area contributed by atoms with Gasteiger partial charge >= 0.3 is 8.80 Å². The van der Waals surface area contributed by atoms with E-state index in [1.165, 1.54) is 186 Å². The molecule has 6 nitrogen and oxygen atoms in total. The van der Waals surface area contributed by atoms with Crippen molar-refractivity contribution in [3.63, 3.8) is 0 Å². The maximum atomic E-state index is 13.0. The normalized spacial score (nSPS) is 11.3. The highest BCUT2D eigenvalue weighted by atomic mass is 32.1. The summed E-state index contributed by atoms with van der Waals surface area (Å²) in [6.45, 7) is 6.78. The Morgan fingerprint density at radius 2 is 0.611 bits per heavy atom. The molecular formula is C46H92O6SSi. The van der Waals surface area contributed by atoms with Crippen molar-refractivity contribution in [1.82, 2.24) is 0 Å². The van der Waals surface area contributed by atoms with Crippen LogP contribution in [0.5, 0.6) is 0 Å². The summed E-state index contributed by atoms with van der Waals surface area (Å²) in [6, 6.07) is 0.533. The quantitative estimate of drug-likeness (QED) is 0.0287. The molecule has 0 spiro atoms. The van der Waals surface area contributed by atoms with Gasteiger partial charge in [0.1, 0.15) is 0 Å². The van der Waals surface area contributed by atoms with Gasteiger partial charge in [0, 0.05) is 26.0 Å². The third-order valence-corrected chi connectivity index (χ3v) is 13.3.